The fourth-order valence-corrected chi connectivity index (χ4v) is 3.54. The Bertz CT molecular complexity index is 704. The summed E-state index contributed by atoms with van der Waals surface area (Å²) in [5.74, 6) is 1.68. The fraction of sp³-hybridized carbons (Fsp3) is 0.526. The van der Waals surface area contributed by atoms with E-state index in [2.05, 4.69) is 30.6 Å². The van der Waals surface area contributed by atoms with Gasteiger partial charge in [0.25, 0.3) is 0 Å². The molecule has 0 radical (unpaired) electrons. The molecule has 1 aromatic carbocycles. The summed E-state index contributed by atoms with van der Waals surface area (Å²) < 4.78 is 13.1. The fourth-order valence-electron chi connectivity index (χ4n) is 3.54. The van der Waals surface area contributed by atoms with E-state index in [1.165, 1.54) is 50.7 Å². The molecule has 2 N–H and O–H groups in total. The van der Waals surface area contributed by atoms with Crippen molar-refractivity contribution in [3.05, 3.63) is 30.1 Å². The Morgan fingerprint density at radius 2 is 1.19 bits per heavy atom. The van der Waals surface area contributed by atoms with Crippen LogP contribution < -0.4 is 20.7 Å². The summed E-state index contributed by atoms with van der Waals surface area (Å²) in [6, 6.07) is 6.16. The second-order valence-corrected chi connectivity index (χ2v) is 7.11. The Morgan fingerprint density at radius 3 is 1.70 bits per heavy atom. The van der Waals surface area contributed by atoms with Crippen LogP contribution in [-0.4, -0.2) is 41.1 Å². The molecular weight excluding hydrogens is 345 g/mol. The van der Waals surface area contributed by atoms with Crippen LogP contribution in [0.3, 0.4) is 0 Å². The Kier molecular flexibility index (Phi) is 5.50. The minimum absolute atomic E-state index is 0.263. The molecule has 0 amide bonds. The molecule has 4 rings (SSSR count). The highest BCUT2D eigenvalue weighted by atomic mass is 19.1. The second kappa shape index (κ2) is 8.37. The molecule has 27 heavy (non-hydrogen) atoms. The standard InChI is InChI=1S/C19H26FN7/c20-15-7-9-16(10-8-15)24-25-17-21-18(26-11-3-1-4-12-26)23-19(22-17)27-13-5-2-6-14-27/h7-10,24H,1-6,11-14H2,(H,21,22,23,25). The molecule has 0 saturated carbocycles. The number of aromatic nitrogens is 3. The van der Waals surface area contributed by atoms with Crippen molar-refractivity contribution in [3.8, 4) is 0 Å². The number of rotatable bonds is 5. The molecular formula is C19H26FN7. The topological polar surface area (TPSA) is 69.2 Å². The molecule has 0 unspecified atom stereocenters. The quantitative estimate of drug-likeness (QED) is 0.781. The Hall–Kier alpha value is -2.64. The normalized spacial score (nSPS) is 17.7. The molecule has 8 heteroatoms. The summed E-state index contributed by atoms with van der Waals surface area (Å²) in [5.41, 5.74) is 6.84. The number of anilines is 4. The van der Waals surface area contributed by atoms with Gasteiger partial charge in [0.1, 0.15) is 5.82 Å². The van der Waals surface area contributed by atoms with E-state index in [9.17, 15) is 4.39 Å². The average molecular weight is 371 g/mol. The zero-order valence-corrected chi connectivity index (χ0v) is 15.5. The number of hydrogen-bond acceptors (Lipinski definition) is 7. The van der Waals surface area contributed by atoms with Crippen molar-refractivity contribution in [2.45, 2.75) is 38.5 Å². The summed E-state index contributed by atoms with van der Waals surface area (Å²) in [6.45, 7) is 3.92. The van der Waals surface area contributed by atoms with Gasteiger partial charge in [-0.1, -0.05) is 0 Å². The van der Waals surface area contributed by atoms with Gasteiger partial charge < -0.3 is 9.80 Å². The van der Waals surface area contributed by atoms with Crippen molar-refractivity contribution in [3.63, 3.8) is 0 Å². The number of benzene rings is 1. The highest BCUT2D eigenvalue weighted by molar-refractivity contribution is 5.51. The minimum atomic E-state index is -0.263. The van der Waals surface area contributed by atoms with E-state index in [4.69, 9.17) is 4.98 Å². The Balaban J connectivity index is 1.55. The highest BCUT2D eigenvalue weighted by Gasteiger charge is 2.20. The summed E-state index contributed by atoms with van der Waals surface area (Å²) >= 11 is 0. The largest absolute Gasteiger partial charge is 0.341 e. The van der Waals surface area contributed by atoms with E-state index in [0.29, 0.717) is 5.95 Å². The predicted octanol–water partition coefficient (Wildman–Crippen LogP) is 3.43. The first-order valence-electron chi connectivity index (χ1n) is 9.81. The molecule has 7 nitrogen and oxygen atoms in total. The van der Waals surface area contributed by atoms with E-state index in [0.717, 1.165) is 43.8 Å². The van der Waals surface area contributed by atoms with E-state index >= 15 is 0 Å². The van der Waals surface area contributed by atoms with Crippen LogP contribution in [0.25, 0.3) is 0 Å². The van der Waals surface area contributed by atoms with E-state index in [1.807, 2.05) is 0 Å². The van der Waals surface area contributed by atoms with Crippen molar-refractivity contribution >= 4 is 23.5 Å². The molecule has 0 atom stereocenters. The maximum Gasteiger partial charge on any atom is 0.248 e. The number of nitrogens with zero attached hydrogens (tertiary/aromatic N) is 5. The molecule has 0 spiro atoms. The Labute approximate surface area is 159 Å². The summed E-state index contributed by atoms with van der Waals surface area (Å²) in [5, 5.41) is 0. The number of halogens is 1. The third-order valence-corrected chi connectivity index (χ3v) is 5.05. The van der Waals surface area contributed by atoms with Crippen LogP contribution in [0, 0.1) is 5.82 Å². The van der Waals surface area contributed by atoms with Crippen molar-refractivity contribution in [2.75, 3.05) is 46.8 Å². The molecule has 2 aliphatic heterocycles. The molecule has 144 valence electrons. The van der Waals surface area contributed by atoms with Gasteiger partial charge in [0.2, 0.25) is 17.8 Å². The molecule has 2 saturated heterocycles. The lowest BCUT2D eigenvalue weighted by atomic mass is 10.1. The first kappa shape index (κ1) is 17.8. The average Bonchev–Trinajstić information content (AvgIpc) is 2.74. The maximum absolute atomic E-state index is 13.1. The van der Waals surface area contributed by atoms with E-state index in [1.54, 1.807) is 12.1 Å². The van der Waals surface area contributed by atoms with Crippen LogP contribution >= 0.6 is 0 Å². The van der Waals surface area contributed by atoms with Gasteiger partial charge in [-0.25, -0.2) is 4.39 Å². The van der Waals surface area contributed by atoms with Gasteiger partial charge in [0.15, 0.2) is 0 Å². The molecule has 2 fully saturated rings. The van der Waals surface area contributed by atoms with Gasteiger partial charge in [-0.15, -0.1) is 0 Å². The first-order chi connectivity index (χ1) is 13.3. The van der Waals surface area contributed by atoms with Crippen LogP contribution in [0.5, 0.6) is 0 Å². The summed E-state index contributed by atoms with van der Waals surface area (Å²) in [4.78, 5) is 18.5. The van der Waals surface area contributed by atoms with Crippen molar-refractivity contribution in [1.82, 2.24) is 15.0 Å². The zero-order chi connectivity index (χ0) is 18.5. The number of nitrogens with one attached hydrogen (secondary N) is 2. The van der Waals surface area contributed by atoms with Gasteiger partial charge in [-0.3, -0.25) is 10.9 Å². The van der Waals surface area contributed by atoms with Crippen LogP contribution in [0.2, 0.25) is 0 Å². The van der Waals surface area contributed by atoms with Crippen molar-refractivity contribution in [2.24, 2.45) is 0 Å². The highest BCUT2D eigenvalue weighted by Crippen LogP contribution is 2.22. The van der Waals surface area contributed by atoms with Crippen molar-refractivity contribution < 1.29 is 4.39 Å². The van der Waals surface area contributed by atoms with Crippen LogP contribution in [-0.2, 0) is 0 Å². The third-order valence-electron chi connectivity index (χ3n) is 5.05. The number of hydrogen-bond donors (Lipinski definition) is 2. The minimum Gasteiger partial charge on any atom is -0.341 e. The van der Waals surface area contributed by atoms with Gasteiger partial charge >= 0.3 is 0 Å². The summed E-state index contributed by atoms with van der Waals surface area (Å²) in [6.07, 6.45) is 7.20. The lowest BCUT2D eigenvalue weighted by molar-refractivity contribution is 0.556. The van der Waals surface area contributed by atoms with E-state index in [-0.39, 0.29) is 5.82 Å². The van der Waals surface area contributed by atoms with Crippen LogP contribution in [0.1, 0.15) is 38.5 Å². The molecule has 2 aromatic rings. The first-order valence-corrected chi connectivity index (χ1v) is 9.81. The number of piperidine rings is 2. The predicted molar refractivity (Wildman–Crippen MR) is 106 cm³/mol. The van der Waals surface area contributed by atoms with Gasteiger partial charge in [-0.05, 0) is 62.8 Å². The summed E-state index contributed by atoms with van der Waals surface area (Å²) in [7, 11) is 0. The Morgan fingerprint density at radius 1 is 0.667 bits per heavy atom. The lowest BCUT2D eigenvalue weighted by Gasteiger charge is -2.30. The van der Waals surface area contributed by atoms with Gasteiger partial charge in [0, 0.05) is 26.2 Å². The van der Waals surface area contributed by atoms with Crippen LogP contribution in [0.15, 0.2) is 24.3 Å². The molecule has 0 bridgehead atoms. The SMILES string of the molecule is Fc1ccc(NNc2nc(N3CCCCC3)nc(N3CCCCC3)n2)cc1. The van der Waals surface area contributed by atoms with Gasteiger partial charge in [0.05, 0.1) is 5.69 Å². The monoisotopic (exact) mass is 371 g/mol. The van der Waals surface area contributed by atoms with Crippen molar-refractivity contribution in [1.29, 1.82) is 0 Å². The van der Waals surface area contributed by atoms with E-state index < -0.39 is 0 Å². The van der Waals surface area contributed by atoms with Crippen LogP contribution in [0.4, 0.5) is 27.9 Å². The smallest absolute Gasteiger partial charge is 0.248 e. The molecule has 1 aromatic heterocycles. The number of hydrazine groups is 1. The second-order valence-electron chi connectivity index (χ2n) is 7.11. The maximum atomic E-state index is 13.1. The molecule has 3 heterocycles. The van der Waals surface area contributed by atoms with Gasteiger partial charge in [-0.2, -0.15) is 15.0 Å². The lowest BCUT2D eigenvalue weighted by Crippen LogP contribution is -2.34. The molecule has 2 aliphatic rings. The zero-order valence-electron chi connectivity index (χ0n) is 15.5. The molecule has 0 aliphatic carbocycles. The third kappa shape index (κ3) is 4.56.